The molecule has 2 aromatic heterocycles. The first-order valence-corrected chi connectivity index (χ1v) is 9.40. The van der Waals surface area contributed by atoms with E-state index in [0.29, 0.717) is 32.9 Å². The molecule has 0 aliphatic rings. The van der Waals surface area contributed by atoms with E-state index in [0.717, 1.165) is 0 Å². The first-order valence-electron chi connectivity index (χ1n) is 9.02. The number of carbonyl (C=O) groups is 1. The number of fused-ring (bicyclic) bond motifs is 2. The van der Waals surface area contributed by atoms with Crippen molar-refractivity contribution < 1.29 is 14.3 Å². The lowest BCUT2D eigenvalue weighted by Gasteiger charge is -2.12. The molecule has 8 heteroatoms. The van der Waals surface area contributed by atoms with Crippen molar-refractivity contribution in [2.24, 2.45) is 0 Å². The van der Waals surface area contributed by atoms with E-state index >= 15 is 0 Å². The molecular formula is C21H19ClN4O3. The third kappa shape index (κ3) is 3.50. The van der Waals surface area contributed by atoms with Gasteiger partial charge in [-0.25, -0.2) is 14.8 Å². The summed E-state index contributed by atoms with van der Waals surface area (Å²) in [6.45, 7) is 2.02. The molecule has 148 valence electrons. The summed E-state index contributed by atoms with van der Waals surface area (Å²) < 4.78 is 12.2. The number of hydrogen-bond acceptors (Lipinski definition) is 6. The molecule has 0 saturated carbocycles. The maximum atomic E-state index is 12.9. The second-order valence-corrected chi connectivity index (χ2v) is 7.06. The van der Waals surface area contributed by atoms with Crippen molar-refractivity contribution in [3.8, 4) is 5.69 Å². The van der Waals surface area contributed by atoms with Crippen molar-refractivity contribution in [2.45, 2.75) is 13.0 Å². The summed E-state index contributed by atoms with van der Waals surface area (Å²) in [6.07, 6.45) is -0.436. The number of rotatable bonds is 5. The van der Waals surface area contributed by atoms with Gasteiger partial charge in [0.15, 0.2) is 5.65 Å². The Hall–Kier alpha value is -3.16. The van der Waals surface area contributed by atoms with E-state index in [-0.39, 0.29) is 18.0 Å². The summed E-state index contributed by atoms with van der Waals surface area (Å²) in [4.78, 5) is 22.3. The number of nitrogens with zero attached hydrogens (tertiary/aromatic N) is 3. The van der Waals surface area contributed by atoms with Crippen LogP contribution in [0, 0.1) is 0 Å². The zero-order valence-electron chi connectivity index (χ0n) is 15.9. The van der Waals surface area contributed by atoms with E-state index in [1.807, 2.05) is 24.3 Å². The van der Waals surface area contributed by atoms with Crippen LogP contribution in [0.1, 0.15) is 17.3 Å². The maximum absolute atomic E-state index is 12.9. The van der Waals surface area contributed by atoms with Gasteiger partial charge in [-0.05, 0) is 43.3 Å². The van der Waals surface area contributed by atoms with Gasteiger partial charge in [0, 0.05) is 17.8 Å². The highest BCUT2D eigenvalue weighted by atomic mass is 35.5. The third-order valence-corrected chi connectivity index (χ3v) is 4.75. The van der Waals surface area contributed by atoms with Crippen LogP contribution in [0.15, 0.2) is 48.5 Å². The number of esters is 1. The number of halogens is 1. The first kappa shape index (κ1) is 19.2. The van der Waals surface area contributed by atoms with E-state index in [2.05, 4.69) is 4.98 Å². The Morgan fingerprint density at radius 1 is 1.14 bits per heavy atom. The fourth-order valence-electron chi connectivity index (χ4n) is 3.22. The smallest absolute Gasteiger partial charge is 0.344 e. The van der Waals surface area contributed by atoms with E-state index in [4.69, 9.17) is 31.8 Å². The number of hydrogen-bond donors (Lipinski definition) is 1. The Kier molecular flexibility index (Phi) is 5.08. The highest BCUT2D eigenvalue weighted by Crippen LogP contribution is 2.32. The summed E-state index contributed by atoms with van der Waals surface area (Å²) in [5, 5.41) is 0.591. The minimum Gasteiger partial charge on any atom is -0.456 e. The van der Waals surface area contributed by atoms with Crippen LogP contribution in [0.3, 0.4) is 0 Å². The van der Waals surface area contributed by atoms with E-state index in [1.54, 1.807) is 42.9 Å². The van der Waals surface area contributed by atoms with Gasteiger partial charge in [-0.1, -0.05) is 23.7 Å². The van der Waals surface area contributed by atoms with Crippen molar-refractivity contribution >= 4 is 45.6 Å². The summed E-state index contributed by atoms with van der Waals surface area (Å²) in [5.41, 5.74) is 9.51. The van der Waals surface area contributed by atoms with Crippen molar-refractivity contribution in [3.05, 3.63) is 59.1 Å². The molecule has 2 heterocycles. The van der Waals surface area contributed by atoms with Gasteiger partial charge in [0.05, 0.1) is 17.6 Å². The normalized spacial score (nSPS) is 12.4. The Morgan fingerprint density at radius 2 is 1.79 bits per heavy atom. The molecule has 0 amide bonds. The fraction of sp³-hybridized carbons (Fsp3) is 0.190. The Morgan fingerprint density at radius 3 is 2.45 bits per heavy atom. The fourth-order valence-corrected chi connectivity index (χ4v) is 3.35. The lowest BCUT2D eigenvalue weighted by atomic mass is 10.2. The predicted molar refractivity (Wildman–Crippen MR) is 113 cm³/mol. The summed E-state index contributed by atoms with van der Waals surface area (Å²) in [5.74, 6) is -0.374. The van der Waals surface area contributed by atoms with E-state index < -0.39 is 12.1 Å². The number of nitrogen functional groups attached to an aromatic ring is 1. The van der Waals surface area contributed by atoms with Crippen LogP contribution in [0.5, 0.6) is 0 Å². The Labute approximate surface area is 172 Å². The summed E-state index contributed by atoms with van der Waals surface area (Å²) >= 11 is 6.02. The molecule has 0 fully saturated rings. The number of para-hydroxylation sites is 2. The number of anilines is 1. The molecular weight excluding hydrogens is 392 g/mol. The van der Waals surface area contributed by atoms with Gasteiger partial charge in [0.1, 0.15) is 23.0 Å². The van der Waals surface area contributed by atoms with Gasteiger partial charge in [-0.15, -0.1) is 0 Å². The van der Waals surface area contributed by atoms with E-state index in [1.165, 1.54) is 0 Å². The lowest BCUT2D eigenvalue weighted by molar-refractivity contribution is 0.0123. The largest absolute Gasteiger partial charge is 0.456 e. The van der Waals surface area contributed by atoms with Crippen molar-refractivity contribution in [2.75, 3.05) is 19.5 Å². The second-order valence-electron chi connectivity index (χ2n) is 6.63. The van der Waals surface area contributed by atoms with Gasteiger partial charge in [0.2, 0.25) is 0 Å². The molecule has 2 N–H and O–H groups in total. The maximum Gasteiger partial charge on any atom is 0.344 e. The lowest BCUT2D eigenvalue weighted by Crippen LogP contribution is -2.20. The summed E-state index contributed by atoms with van der Waals surface area (Å²) in [7, 11) is 1.54. The molecule has 4 aromatic rings. The van der Waals surface area contributed by atoms with Gasteiger partial charge in [-0.2, -0.15) is 0 Å². The number of ether oxygens (including phenoxy) is 2. The standard InChI is InChI=1S/C21H19ClN4O3/c1-12(11-28-2)29-21(27)17-18-20(25-16-6-4-3-5-15(16)24-18)26(19(17)23)14-9-7-13(22)8-10-14/h3-10,12H,11,23H2,1-2H3/t12-/m1/s1. The Bertz CT molecular complexity index is 1200. The molecule has 0 bridgehead atoms. The van der Waals surface area contributed by atoms with Crippen LogP contribution in [0.25, 0.3) is 27.9 Å². The van der Waals surface area contributed by atoms with Crippen LogP contribution in [0.4, 0.5) is 5.82 Å². The zero-order chi connectivity index (χ0) is 20.5. The number of aromatic nitrogens is 3. The molecule has 0 aliphatic heterocycles. The van der Waals surface area contributed by atoms with Gasteiger partial charge in [0.25, 0.3) is 0 Å². The average molecular weight is 411 g/mol. The minimum absolute atomic E-state index is 0.177. The highest BCUT2D eigenvalue weighted by Gasteiger charge is 2.27. The monoisotopic (exact) mass is 410 g/mol. The third-order valence-electron chi connectivity index (χ3n) is 4.50. The van der Waals surface area contributed by atoms with Crippen LogP contribution in [0.2, 0.25) is 5.02 Å². The molecule has 0 saturated heterocycles. The SMILES string of the molecule is COC[C@@H](C)OC(=O)c1c(N)n(-c2ccc(Cl)cc2)c2nc3ccccc3nc12. The van der Waals surface area contributed by atoms with Gasteiger partial charge >= 0.3 is 5.97 Å². The van der Waals surface area contributed by atoms with Crippen LogP contribution < -0.4 is 5.73 Å². The molecule has 0 unspecified atom stereocenters. The van der Waals surface area contributed by atoms with Gasteiger partial charge < -0.3 is 15.2 Å². The van der Waals surface area contributed by atoms with Crippen molar-refractivity contribution in [1.82, 2.24) is 14.5 Å². The van der Waals surface area contributed by atoms with Crippen LogP contribution in [-0.4, -0.2) is 40.3 Å². The quantitative estimate of drug-likeness (QED) is 0.500. The minimum atomic E-state index is -0.575. The first-order chi connectivity index (χ1) is 14.0. The number of nitrogens with two attached hydrogens (primary N) is 1. The van der Waals surface area contributed by atoms with E-state index in [9.17, 15) is 4.79 Å². The van der Waals surface area contributed by atoms with Crippen LogP contribution >= 0.6 is 11.6 Å². The molecule has 1 atom stereocenters. The molecule has 0 aliphatic carbocycles. The van der Waals surface area contributed by atoms with Gasteiger partial charge in [-0.3, -0.25) is 4.57 Å². The molecule has 0 spiro atoms. The molecule has 2 aromatic carbocycles. The Balaban J connectivity index is 1.96. The second kappa shape index (κ2) is 7.69. The molecule has 7 nitrogen and oxygen atoms in total. The average Bonchev–Trinajstić information content (AvgIpc) is 2.98. The number of methoxy groups -OCH3 is 1. The zero-order valence-corrected chi connectivity index (χ0v) is 16.7. The topological polar surface area (TPSA) is 92.3 Å². The predicted octanol–water partition coefficient (Wildman–Crippen LogP) is 4.00. The molecule has 0 radical (unpaired) electrons. The molecule has 29 heavy (non-hydrogen) atoms. The number of carbonyl (C=O) groups excluding carboxylic acids is 1. The molecule has 4 rings (SSSR count). The van der Waals surface area contributed by atoms with Crippen molar-refractivity contribution in [3.63, 3.8) is 0 Å². The van der Waals surface area contributed by atoms with Crippen LogP contribution in [-0.2, 0) is 9.47 Å². The number of benzene rings is 2. The van der Waals surface area contributed by atoms with Crippen molar-refractivity contribution in [1.29, 1.82) is 0 Å². The summed E-state index contributed by atoms with van der Waals surface area (Å²) in [6, 6.07) is 14.5. The highest BCUT2D eigenvalue weighted by molar-refractivity contribution is 6.30.